The Bertz CT molecular complexity index is 1280. The van der Waals surface area contributed by atoms with Crippen LogP contribution in [0.5, 0.6) is 5.75 Å². The number of esters is 1. The molecule has 0 bridgehead atoms. The summed E-state index contributed by atoms with van der Waals surface area (Å²) in [6.45, 7) is 2.46. The van der Waals surface area contributed by atoms with E-state index in [1.54, 1.807) is 48.5 Å². The summed E-state index contributed by atoms with van der Waals surface area (Å²) in [5, 5.41) is 3.57. The number of methoxy groups -OCH3 is 1. The molecule has 1 N–H and O–H groups in total. The van der Waals surface area contributed by atoms with E-state index in [1.165, 1.54) is 7.11 Å². The highest BCUT2D eigenvalue weighted by Gasteiger charge is 2.30. The number of amides is 1. The normalized spacial score (nSPS) is 11.7. The molecule has 0 spiro atoms. The molecule has 7 nitrogen and oxygen atoms in total. The van der Waals surface area contributed by atoms with Crippen molar-refractivity contribution in [2.24, 2.45) is 0 Å². The number of benzene rings is 3. The summed E-state index contributed by atoms with van der Waals surface area (Å²) in [4.78, 5) is 26.6. The Labute approximate surface area is 197 Å². The van der Waals surface area contributed by atoms with Crippen LogP contribution >= 0.6 is 0 Å². The fourth-order valence-electron chi connectivity index (χ4n) is 3.66. The highest BCUT2D eigenvalue weighted by atomic mass is 16.6. The van der Waals surface area contributed by atoms with E-state index in [1.807, 2.05) is 37.3 Å². The number of ether oxygens (including phenoxy) is 3. The van der Waals surface area contributed by atoms with Gasteiger partial charge in [0.1, 0.15) is 11.3 Å². The van der Waals surface area contributed by atoms with Crippen molar-refractivity contribution in [2.45, 2.75) is 19.6 Å². The van der Waals surface area contributed by atoms with Crippen molar-refractivity contribution in [3.05, 3.63) is 95.7 Å². The summed E-state index contributed by atoms with van der Waals surface area (Å²) in [6, 6.07) is 23.2. The molecule has 1 heterocycles. The first-order chi connectivity index (χ1) is 16.6. The van der Waals surface area contributed by atoms with E-state index >= 15 is 0 Å². The average molecular weight is 459 g/mol. The minimum Gasteiger partial charge on any atom is -0.492 e. The third-order valence-corrected chi connectivity index (χ3v) is 5.18. The predicted molar refractivity (Wildman–Crippen MR) is 128 cm³/mol. The quantitative estimate of drug-likeness (QED) is 0.332. The molecular weight excluding hydrogens is 434 g/mol. The first-order valence-electron chi connectivity index (χ1n) is 10.9. The van der Waals surface area contributed by atoms with Gasteiger partial charge in [-0.3, -0.25) is 4.79 Å². The largest absolute Gasteiger partial charge is 0.492 e. The van der Waals surface area contributed by atoms with Crippen molar-refractivity contribution < 1.29 is 28.2 Å². The van der Waals surface area contributed by atoms with Gasteiger partial charge in [-0.2, -0.15) is 0 Å². The molecule has 0 saturated carbocycles. The van der Waals surface area contributed by atoms with Crippen LogP contribution in [0.1, 0.15) is 34.7 Å². The number of carbonyl (C=O) groups is 2. The standard InChI is InChI=1S/C27H25NO6/c1-3-32-23-16-10-8-14-21(23)28-26(29)24(18-11-5-4-6-12-18)34-27(30)25-20(17-31-2)19-13-7-9-15-22(19)33-25/h4-16,24H,3,17H2,1-2H3,(H,28,29). The maximum absolute atomic E-state index is 13.3. The van der Waals surface area contributed by atoms with Crippen LogP contribution in [0, 0.1) is 0 Å². The molecule has 0 saturated heterocycles. The second-order valence-electron chi connectivity index (χ2n) is 7.45. The van der Waals surface area contributed by atoms with Gasteiger partial charge < -0.3 is 23.9 Å². The molecule has 3 aromatic carbocycles. The number of furan rings is 1. The summed E-state index contributed by atoms with van der Waals surface area (Å²) in [6.07, 6.45) is -1.22. The van der Waals surface area contributed by atoms with E-state index in [4.69, 9.17) is 18.6 Å². The number of para-hydroxylation sites is 3. The lowest BCUT2D eigenvalue weighted by Crippen LogP contribution is -2.26. The third-order valence-electron chi connectivity index (χ3n) is 5.18. The number of carbonyl (C=O) groups excluding carboxylic acids is 2. The molecule has 4 rings (SSSR count). The molecule has 0 aliphatic carbocycles. The maximum atomic E-state index is 13.3. The summed E-state index contributed by atoms with van der Waals surface area (Å²) in [5.41, 5.74) is 2.10. The Morgan fingerprint density at radius 3 is 2.41 bits per heavy atom. The lowest BCUT2D eigenvalue weighted by atomic mass is 10.1. The van der Waals surface area contributed by atoms with Crippen molar-refractivity contribution in [3.63, 3.8) is 0 Å². The molecule has 34 heavy (non-hydrogen) atoms. The van der Waals surface area contributed by atoms with Gasteiger partial charge in [0.15, 0.2) is 0 Å². The van der Waals surface area contributed by atoms with Crippen LogP contribution < -0.4 is 10.1 Å². The van der Waals surface area contributed by atoms with Gasteiger partial charge in [0, 0.05) is 23.6 Å². The maximum Gasteiger partial charge on any atom is 0.375 e. The molecule has 0 fully saturated rings. The SMILES string of the molecule is CCOc1ccccc1NC(=O)C(OC(=O)c1oc2ccccc2c1COC)c1ccccc1. The molecule has 1 amide bonds. The third kappa shape index (κ3) is 4.94. The number of fused-ring (bicyclic) bond motifs is 1. The molecule has 174 valence electrons. The van der Waals surface area contributed by atoms with Crippen molar-refractivity contribution in [2.75, 3.05) is 19.0 Å². The van der Waals surface area contributed by atoms with Gasteiger partial charge in [0.25, 0.3) is 5.91 Å². The zero-order valence-electron chi connectivity index (χ0n) is 18.9. The zero-order chi connectivity index (χ0) is 23.9. The van der Waals surface area contributed by atoms with Crippen LogP contribution in [0.2, 0.25) is 0 Å². The van der Waals surface area contributed by atoms with E-state index in [0.29, 0.717) is 34.8 Å². The van der Waals surface area contributed by atoms with E-state index in [2.05, 4.69) is 5.32 Å². The number of hydrogen-bond donors (Lipinski definition) is 1. The van der Waals surface area contributed by atoms with Gasteiger partial charge in [0.2, 0.25) is 11.9 Å². The Kier molecular flexibility index (Phi) is 7.25. The lowest BCUT2D eigenvalue weighted by Gasteiger charge is -2.19. The van der Waals surface area contributed by atoms with Crippen LogP contribution in [0.15, 0.2) is 83.3 Å². The Balaban J connectivity index is 1.66. The Morgan fingerprint density at radius 2 is 1.65 bits per heavy atom. The molecular formula is C27H25NO6. The molecule has 0 aliphatic heterocycles. The number of nitrogens with one attached hydrogen (secondary N) is 1. The lowest BCUT2D eigenvalue weighted by molar-refractivity contribution is -0.125. The minimum absolute atomic E-state index is 0.00602. The molecule has 7 heteroatoms. The van der Waals surface area contributed by atoms with E-state index < -0.39 is 18.0 Å². The monoisotopic (exact) mass is 459 g/mol. The second kappa shape index (κ2) is 10.7. The van der Waals surface area contributed by atoms with Gasteiger partial charge in [-0.1, -0.05) is 60.7 Å². The van der Waals surface area contributed by atoms with Crippen LogP contribution in [0.25, 0.3) is 11.0 Å². The van der Waals surface area contributed by atoms with Crippen LogP contribution in [-0.2, 0) is 20.9 Å². The Morgan fingerprint density at radius 1 is 0.941 bits per heavy atom. The van der Waals surface area contributed by atoms with Crippen molar-refractivity contribution in [1.29, 1.82) is 0 Å². The average Bonchev–Trinajstić information content (AvgIpc) is 3.23. The first kappa shape index (κ1) is 23.1. The van der Waals surface area contributed by atoms with Gasteiger partial charge in [-0.25, -0.2) is 4.79 Å². The summed E-state index contributed by atoms with van der Waals surface area (Å²) >= 11 is 0. The minimum atomic E-state index is -1.22. The van der Waals surface area contributed by atoms with Gasteiger partial charge in [-0.05, 0) is 25.1 Å². The highest BCUT2D eigenvalue weighted by Crippen LogP contribution is 2.30. The van der Waals surface area contributed by atoms with E-state index in [-0.39, 0.29) is 12.4 Å². The zero-order valence-corrected chi connectivity index (χ0v) is 18.9. The molecule has 1 aromatic heterocycles. The van der Waals surface area contributed by atoms with Crippen LogP contribution in [0.4, 0.5) is 5.69 Å². The predicted octanol–water partition coefficient (Wildman–Crippen LogP) is 5.51. The summed E-state index contributed by atoms with van der Waals surface area (Å²) in [5.74, 6) is -0.746. The molecule has 1 unspecified atom stereocenters. The van der Waals surface area contributed by atoms with Crippen LogP contribution in [0.3, 0.4) is 0 Å². The summed E-state index contributed by atoms with van der Waals surface area (Å²) < 4.78 is 22.4. The van der Waals surface area contributed by atoms with Crippen molar-refractivity contribution >= 4 is 28.5 Å². The topological polar surface area (TPSA) is 87.0 Å². The van der Waals surface area contributed by atoms with E-state index in [9.17, 15) is 9.59 Å². The molecule has 0 aliphatic rings. The Hall–Kier alpha value is -4.10. The number of hydrogen-bond acceptors (Lipinski definition) is 6. The smallest absolute Gasteiger partial charge is 0.375 e. The first-order valence-corrected chi connectivity index (χ1v) is 10.9. The number of anilines is 1. The number of rotatable bonds is 9. The molecule has 0 radical (unpaired) electrons. The molecule has 4 aromatic rings. The van der Waals surface area contributed by atoms with Crippen LogP contribution in [-0.4, -0.2) is 25.6 Å². The second-order valence-corrected chi connectivity index (χ2v) is 7.45. The van der Waals surface area contributed by atoms with Crippen molar-refractivity contribution in [3.8, 4) is 5.75 Å². The fourth-order valence-corrected chi connectivity index (χ4v) is 3.66. The van der Waals surface area contributed by atoms with Gasteiger partial charge in [0.05, 0.1) is 18.9 Å². The highest BCUT2D eigenvalue weighted by molar-refractivity contribution is 6.00. The van der Waals surface area contributed by atoms with E-state index in [0.717, 1.165) is 5.39 Å². The van der Waals surface area contributed by atoms with Gasteiger partial charge >= 0.3 is 5.97 Å². The van der Waals surface area contributed by atoms with Gasteiger partial charge in [-0.15, -0.1) is 0 Å². The van der Waals surface area contributed by atoms with Crippen molar-refractivity contribution in [1.82, 2.24) is 0 Å². The summed E-state index contributed by atoms with van der Waals surface area (Å²) in [7, 11) is 1.53. The molecule has 1 atom stereocenters. The fraction of sp³-hybridized carbons (Fsp3) is 0.185.